The molecule has 0 saturated carbocycles. The van der Waals surface area contributed by atoms with E-state index < -0.39 is 24.2 Å². The molecule has 1 aliphatic heterocycles. The minimum absolute atomic E-state index is 0.00893. The molecule has 0 aliphatic carbocycles. The summed E-state index contributed by atoms with van der Waals surface area (Å²) in [5, 5.41) is 8.44. The van der Waals surface area contributed by atoms with Gasteiger partial charge in [-0.3, -0.25) is 9.48 Å². The van der Waals surface area contributed by atoms with E-state index in [1.54, 1.807) is 30.1 Å². The van der Waals surface area contributed by atoms with Crippen molar-refractivity contribution in [2.24, 2.45) is 7.05 Å². The van der Waals surface area contributed by atoms with E-state index in [9.17, 15) is 14.0 Å². The number of carbonyl (C=O) groups is 2. The number of amides is 2. The van der Waals surface area contributed by atoms with Crippen LogP contribution in [0.4, 0.5) is 9.18 Å². The number of hydrogen-bond acceptors (Lipinski definition) is 7. The van der Waals surface area contributed by atoms with Crippen LogP contribution in [0.15, 0.2) is 30.6 Å². The first-order valence-corrected chi connectivity index (χ1v) is 11.1. The molecule has 35 heavy (non-hydrogen) atoms. The van der Waals surface area contributed by atoms with Gasteiger partial charge in [-0.15, -0.1) is 0 Å². The SMILES string of the molecule is COC[C@@H](NC(=O)Oc1c[nH]c2ncc(-c3nn(C)c4cc(Cl)ccc34)nc12)C(=O)N1CC(F)C1. The molecule has 3 aromatic heterocycles. The lowest BCUT2D eigenvalue weighted by atomic mass is 10.1. The predicted molar refractivity (Wildman–Crippen MR) is 125 cm³/mol. The molecule has 0 unspecified atom stereocenters. The van der Waals surface area contributed by atoms with E-state index in [1.807, 2.05) is 6.07 Å². The third-order valence-corrected chi connectivity index (χ3v) is 5.91. The zero-order valence-electron chi connectivity index (χ0n) is 18.8. The number of likely N-dealkylation sites (tertiary alicyclic amines) is 1. The molecule has 1 fully saturated rings. The summed E-state index contributed by atoms with van der Waals surface area (Å²) >= 11 is 6.11. The molecule has 1 aliphatic rings. The van der Waals surface area contributed by atoms with Crippen LogP contribution in [0.1, 0.15) is 0 Å². The van der Waals surface area contributed by atoms with Crippen molar-refractivity contribution in [1.29, 1.82) is 0 Å². The van der Waals surface area contributed by atoms with Crippen molar-refractivity contribution in [3.8, 4) is 17.1 Å². The molecular weight excluding hydrogens is 481 g/mol. The number of fused-ring (bicyclic) bond motifs is 2. The van der Waals surface area contributed by atoms with Gasteiger partial charge < -0.3 is 24.7 Å². The molecular formula is C22H21ClFN7O4. The monoisotopic (exact) mass is 501 g/mol. The molecule has 11 nitrogen and oxygen atoms in total. The van der Waals surface area contributed by atoms with Gasteiger partial charge >= 0.3 is 6.09 Å². The van der Waals surface area contributed by atoms with Gasteiger partial charge in [0.25, 0.3) is 0 Å². The van der Waals surface area contributed by atoms with Crippen molar-refractivity contribution < 1.29 is 23.5 Å². The Morgan fingerprint density at radius 2 is 2.17 bits per heavy atom. The standard InChI is InChI=1S/C22H21ClFN7O4/c1-30-16-5-11(23)3-4-13(16)18(29-30)14-6-25-20-19(27-14)17(7-26-20)35-22(33)28-15(10-34-2)21(32)31-8-12(24)9-31/h3-7,12,15H,8-10H2,1-2H3,(H,25,26)(H,28,33)/t15-/m1/s1. The lowest BCUT2D eigenvalue weighted by molar-refractivity contribution is -0.141. The van der Waals surface area contributed by atoms with Gasteiger partial charge in [0.15, 0.2) is 16.9 Å². The highest BCUT2D eigenvalue weighted by atomic mass is 35.5. The van der Waals surface area contributed by atoms with Crippen LogP contribution in [0.2, 0.25) is 5.02 Å². The van der Waals surface area contributed by atoms with Crippen LogP contribution in [-0.2, 0) is 16.6 Å². The van der Waals surface area contributed by atoms with E-state index in [4.69, 9.17) is 21.1 Å². The number of hydrogen-bond donors (Lipinski definition) is 2. The Labute approximate surface area is 203 Å². The van der Waals surface area contributed by atoms with Crippen molar-refractivity contribution >= 4 is 45.7 Å². The summed E-state index contributed by atoms with van der Waals surface area (Å²) in [6, 6.07) is 4.41. The smallest absolute Gasteiger partial charge is 0.406 e. The van der Waals surface area contributed by atoms with Gasteiger partial charge in [0.2, 0.25) is 5.91 Å². The average Bonchev–Trinajstić information content (AvgIpc) is 3.36. The van der Waals surface area contributed by atoms with E-state index in [-0.39, 0.29) is 25.4 Å². The van der Waals surface area contributed by atoms with E-state index >= 15 is 0 Å². The zero-order chi connectivity index (χ0) is 24.7. The maximum Gasteiger partial charge on any atom is 0.413 e. The number of benzene rings is 1. The fourth-order valence-corrected chi connectivity index (χ4v) is 4.08. The summed E-state index contributed by atoms with van der Waals surface area (Å²) in [5.41, 5.74) is 2.61. The summed E-state index contributed by atoms with van der Waals surface area (Å²) in [6.45, 7) is -0.105. The number of aromatic amines is 1. The third kappa shape index (κ3) is 4.37. The number of aryl methyl sites for hydroxylation is 1. The molecule has 2 N–H and O–H groups in total. The van der Waals surface area contributed by atoms with E-state index in [0.717, 1.165) is 10.9 Å². The lowest BCUT2D eigenvalue weighted by Gasteiger charge is -2.36. The quantitative estimate of drug-likeness (QED) is 0.415. The summed E-state index contributed by atoms with van der Waals surface area (Å²) in [4.78, 5) is 38.3. The molecule has 4 aromatic rings. The van der Waals surface area contributed by atoms with Gasteiger partial charge in [-0.2, -0.15) is 5.10 Å². The zero-order valence-corrected chi connectivity index (χ0v) is 19.5. The van der Waals surface area contributed by atoms with Gasteiger partial charge in [0.1, 0.15) is 23.6 Å². The second-order valence-electron chi connectivity index (χ2n) is 8.12. The van der Waals surface area contributed by atoms with Gasteiger partial charge in [-0.05, 0) is 18.2 Å². The average molecular weight is 502 g/mol. The highest BCUT2D eigenvalue weighted by Gasteiger charge is 2.35. The first kappa shape index (κ1) is 23.0. The molecule has 5 rings (SSSR count). The normalized spacial score (nSPS) is 14.8. The first-order chi connectivity index (χ1) is 16.8. The van der Waals surface area contributed by atoms with E-state index in [2.05, 4.69) is 25.4 Å². The van der Waals surface area contributed by atoms with Gasteiger partial charge in [-0.25, -0.2) is 19.2 Å². The Bertz CT molecular complexity index is 1430. The predicted octanol–water partition coefficient (Wildman–Crippen LogP) is 2.45. The maximum atomic E-state index is 13.1. The number of aromatic nitrogens is 5. The van der Waals surface area contributed by atoms with Gasteiger partial charge in [-0.1, -0.05) is 11.6 Å². The third-order valence-electron chi connectivity index (χ3n) is 5.68. The lowest BCUT2D eigenvalue weighted by Crippen LogP contribution is -2.59. The van der Waals surface area contributed by atoms with Crippen LogP contribution in [0, 0.1) is 0 Å². The number of H-pyrrole nitrogens is 1. The molecule has 1 atom stereocenters. The number of nitrogens with zero attached hydrogens (tertiary/aromatic N) is 5. The molecule has 1 saturated heterocycles. The summed E-state index contributed by atoms with van der Waals surface area (Å²) in [7, 11) is 3.20. The van der Waals surface area contributed by atoms with Crippen molar-refractivity contribution in [1.82, 2.24) is 34.9 Å². The van der Waals surface area contributed by atoms with Crippen LogP contribution in [0.5, 0.6) is 5.75 Å². The Balaban J connectivity index is 1.38. The number of methoxy groups -OCH3 is 1. The van der Waals surface area contributed by atoms with E-state index in [1.165, 1.54) is 18.2 Å². The second-order valence-corrected chi connectivity index (χ2v) is 8.56. The fraction of sp³-hybridized carbons (Fsp3) is 0.318. The number of nitrogens with one attached hydrogen (secondary N) is 2. The Morgan fingerprint density at radius 3 is 2.91 bits per heavy atom. The Kier molecular flexibility index (Phi) is 5.99. The molecule has 1 aromatic carbocycles. The number of rotatable bonds is 6. The van der Waals surface area contributed by atoms with Gasteiger partial charge in [0.05, 0.1) is 31.4 Å². The summed E-state index contributed by atoms with van der Waals surface area (Å²) in [6.07, 6.45) is 1.07. The van der Waals surface area contributed by atoms with Crippen molar-refractivity contribution in [2.45, 2.75) is 12.2 Å². The van der Waals surface area contributed by atoms with Crippen molar-refractivity contribution in [3.63, 3.8) is 0 Å². The van der Waals surface area contributed by atoms with Crippen LogP contribution in [-0.4, -0.2) is 80.7 Å². The molecule has 0 bridgehead atoms. The topological polar surface area (TPSA) is 127 Å². The molecule has 13 heteroatoms. The molecule has 4 heterocycles. The molecule has 2 amide bonds. The number of alkyl halides is 1. The highest BCUT2D eigenvalue weighted by molar-refractivity contribution is 6.31. The number of carbonyl (C=O) groups excluding carboxylic acids is 2. The Hall–Kier alpha value is -3.77. The van der Waals surface area contributed by atoms with Crippen LogP contribution in [0.3, 0.4) is 0 Å². The maximum absolute atomic E-state index is 13.1. The van der Waals surface area contributed by atoms with Crippen molar-refractivity contribution in [2.75, 3.05) is 26.8 Å². The molecule has 0 radical (unpaired) electrons. The second kappa shape index (κ2) is 9.12. The molecule has 0 spiro atoms. The number of ether oxygens (including phenoxy) is 2. The minimum Gasteiger partial charge on any atom is -0.406 e. The highest BCUT2D eigenvalue weighted by Crippen LogP contribution is 2.30. The van der Waals surface area contributed by atoms with E-state index in [0.29, 0.717) is 27.6 Å². The largest absolute Gasteiger partial charge is 0.413 e. The molecule has 182 valence electrons. The van der Waals surface area contributed by atoms with Gasteiger partial charge in [0, 0.05) is 30.8 Å². The Morgan fingerprint density at radius 1 is 1.37 bits per heavy atom. The van der Waals surface area contributed by atoms with Crippen LogP contribution >= 0.6 is 11.6 Å². The number of halogens is 2. The minimum atomic E-state index is -1.05. The van der Waals surface area contributed by atoms with Crippen molar-refractivity contribution in [3.05, 3.63) is 35.6 Å². The fourth-order valence-electron chi connectivity index (χ4n) is 3.92. The summed E-state index contributed by atoms with van der Waals surface area (Å²) in [5.74, 6) is -0.327. The summed E-state index contributed by atoms with van der Waals surface area (Å²) < 4.78 is 25.3. The van der Waals surface area contributed by atoms with Crippen LogP contribution < -0.4 is 10.1 Å². The van der Waals surface area contributed by atoms with Crippen LogP contribution in [0.25, 0.3) is 33.5 Å². The first-order valence-electron chi connectivity index (χ1n) is 10.7.